The average Bonchev–Trinajstić information content (AvgIpc) is 3.17. The summed E-state index contributed by atoms with van der Waals surface area (Å²) in [5, 5.41) is 8.02. The van der Waals surface area contributed by atoms with Gasteiger partial charge in [-0.2, -0.15) is 0 Å². The fraction of sp³-hybridized carbons (Fsp3) is 0.136. The van der Waals surface area contributed by atoms with Crippen LogP contribution in [0.2, 0.25) is 0 Å². The Hall–Kier alpha value is -3.87. The van der Waals surface area contributed by atoms with Crippen molar-refractivity contribution in [2.24, 2.45) is 5.73 Å². The van der Waals surface area contributed by atoms with Gasteiger partial charge in [0.25, 0.3) is 0 Å². The van der Waals surface area contributed by atoms with Crippen molar-refractivity contribution in [2.45, 2.75) is 6.42 Å². The highest BCUT2D eigenvalue weighted by atomic mass is 16.5. The maximum atomic E-state index is 11.3. The van der Waals surface area contributed by atoms with Crippen LogP contribution in [0.15, 0.2) is 66.9 Å². The van der Waals surface area contributed by atoms with E-state index in [1.807, 2.05) is 42.5 Å². The lowest BCUT2D eigenvalue weighted by molar-refractivity contribution is 0.100. The number of nitrogens with one attached hydrogen (secondary N) is 1. The monoisotopic (exact) mass is 387 g/mol. The Bertz CT molecular complexity index is 1150. The predicted molar refractivity (Wildman–Crippen MR) is 112 cm³/mol. The average molecular weight is 387 g/mol. The smallest absolute Gasteiger partial charge is 0.248 e. The van der Waals surface area contributed by atoms with Crippen molar-refractivity contribution in [1.29, 1.82) is 0 Å². The highest BCUT2D eigenvalue weighted by molar-refractivity contribution is 5.93. The van der Waals surface area contributed by atoms with Crippen LogP contribution in [-0.2, 0) is 6.42 Å². The highest BCUT2D eigenvalue weighted by Gasteiger charge is 2.09. The fourth-order valence-corrected chi connectivity index (χ4v) is 3.20. The van der Waals surface area contributed by atoms with E-state index in [1.54, 1.807) is 30.0 Å². The third-order valence-corrected chi connectivity index (χ3v) is 4.72. The number of primary amides is 1. The number of amides is 1. The van der Waals surface area contributed by atoms with E-state index >= 15 is 0 Å². The molecule has 2 aromatic carbocycles. The molecule has 0 radical (unpaired) electrons. The van der Waals surface area contributed by atoms with E-state index in [2.05, 4.69) is 21.5 Å². The molecular formula is C22H21N5O2. The number of para-hydroxylation sites is 1. The van der Waals surface area contributed by atoms with E-state index < -0.39 is 5.91 Å². The molecule has 4 rings (SSSR count). The maximum Gasteiger partial charge on any atom is 0.248 e. The number of nitrogens with two attached hydrogens (primary N) is 1. The summed E-state index contributed by atoms with van der Waals surface area (Å²) in [6.45, 7) is 0.718. The summed E-state index contributed by atoms with van der Waals surface area (Å²) in [5.74, 6) is 1.18. The summed E-state index contributed by atoms with van der Waals surface area (Å²) in [7, 11) is 1.68. The van der Waals surface area contributed by atoms with Gasteiger partial charge in [0.2, 0.25) is 5.91 Å². The lowest BCUT2D eigenvalue weighted by atomic mass is 10.1. The van der Waals surface area contributed by atoms with E-state index in [1.165, 1.54) is 0 Å². The summed E-state index contributed by atoms with van der Waals surface area (Å²) in [6, 6.07) is 18.9. The van der Waals surface area contributed by atoms with Crippen molar-refractivity contribution in [2.75, 3.05) is 19.0 Å². The van der Waals surface area contributed by atoms with Crippen molar-refractivity contribution in [3.63, 3.8) is 0 Å². The predicted octanol–water partition coefficient (Wildman–Crippen LogP) is 3.16. The molecule has 0 atom stereocenters. The first kappa shape index (κ1) is 18.5. The lowest BCUT2D eigenvalue weighted by Crippen LogP contribution is -2.10. The Morgan fingerprint density at radius 2 is 1.90 bits per heavy atom. The lowest BCUT2D eigenvalue weighted by Gasteiger charge is -2.10. The van der Waals surface area contributed by atoms with Crippen molar-refractivity contribution < 1.29 is 9.53 Å². The Morgan fingerprint density at radius 3 is 2.66 bits per heavy atom. The number of carbonyl (C=O) groups excluding carboxylic acids is 1. The maximum absolute atomic E-state index is 11.3. The van der Waals surface area contributed by atoms with Crippen LogP contribution in [0.25, 0.3) is 16.9 Å². The minimum absolute atomic E-state index is 0.450. The molecule has 0 spiro atoms. The zero-order chi connectivity index (χ0) is 20.2. The first-order valence-corrected chi connectivity index (χ1v) is 9.26. The van der Waals surface area contributed by atoms with E-state index in [9.17, 15) is 4.79 Å². The van der Waals surface area contributed by atoms with Gasteiger partial charge in [-0.15, -0.1) is 5.10 Å². The van der Waals surface area contributed by atoms with Gasteiger partial charge in [-0.1, -0.05) is 30.3 Å². The molecule has 0 unspecified atom stereocenters. The molecule has 0 saturated heterocycles. The van der Waals surface area contributed by atoms with E-state index in [4.69, 9.17) is 10.5 Å². The van der Waals surface area contributed by atoms with Gasteiger partial charge in [0.05, 0.1) is 19.0 Å². The van der Waals surface area contributed by atoms with Crippen LogP contribution in [0.4, 0.5) is 5.82 Å². The molecule has 7 heteroatoms. The number of fused-ring (bicyclic) bond motifs is 1. The third kappa shape index (κ3) is 3.89. The molecule has 1 amide bonds. The first-order valence-electron chi connectivity index (χ1n) is 9.26. The number of ether oxygens (including phenoxy) is 1. The van der Waals surface area contributed by atoms with Crippen LogP contribution < -0.4 is 15.8 Å². The van der Waals surface area contributed by atoms with Gasteiger partial charge in [0, 0.05) is 17.7 Å². The Kier molecular flexibility index (Phi) is 5.11. The number of carbonyl (C=O) groups is 1. The largest absolute Gasteiger partial charge is 0.496 e. The molecule has 0 fully saturated rings. The summed E-state index contributed by atoms with van der Waals surface area (Å²) in [4.78, 5) is 15.7. The topological polar surface area (TPSA) is 94.5 Å². The van der Waals surface area contributed by atoms with Crippen molar-refractivity contribution >= 4 is 17.4 Å². The molecule has 7 nitrogen and oxygen atoms in total. The zero-order valence-corrected chi connectivity index (χ0v) is 16.0. The van der Waals surface area contributed by atoms with Crippen LogP contribution in [-0.4, -0.2) is 34.2 Å². The fourth-order valence-electron chi connectivity index (χ4n) is 3.20. The summed E-state index contributed by atoms with van der Waals surface area (Å²) in [6.07, 6.45) is 2.58. The number of aromatic nitrogens is 3. The van der Waals surface area contributed by atoms with E-state index in [0.29, 0.717) is 5.56 Å². The number of hydrogen-bond donors (Lipinski definition) is 2. The second kappa shape index (κ2) is 8.02. The molecule has 2 heterocycles. The molecule has 4 aromatic rings. The summed E-state index contributed by atoms with van der Waals surface area (Å²) in [5.41, 5.74) is 9.41. The SMILES string of the molecule is COc1ccccc1CCNc1ccc2ncc(-c3ccc(C(N)=O)cc3)n2n1. The number of imidazole rings is 1. The van der Waals surface area contributed by atoms with Crippen LogP contribution in [0.3, 0.4) is 0 Å². The molecule has 0 aliphatic heterocycles. The Labute approximate surface area is 168 Å². The van der Waals surface area contributed by atoms with Crippen LogP contribution >= 0.6 is 0 Å². The Balaban J connectivity index is 1.53. The van der Waals surface area contributed by atoms with E-state index in [-0.39, 0.29) is 0 Å². The highest BCUT2D eigenvalue weighted by Crippen LogP contribution is 2.22. The molecule has 0 aliphatic carbocycles. The molecular weight excluding hydrogens is 366 g/mol. The molecule has 146 valence electrons. The van der Waals surface area contributed by atoms with Crippen molar-refractivity contribution in [3.8, 4) is 17.0 Å². The summed E-state index contributed by atoms with van der Waals surface area (Å²) < 4.78 is 7.18. The van der Waals surface area contributed by atoms with Crippen molar-refractivity contribution in [3.05, 3.63) is 78.0 Å². The van der Waals surface area contributed by atoms with Crippen molar-refractivity contribution in [1.82, 2.24) is 14.6 Å². The summed E-state index contributed by atoms with van der Waals surface area (Å²) >= 11 is 0. The second-order valence-electron chi connectivity index (χ2n) is 6.56. The van der Waals surface area contributed by atoms with Gasteiger partial charge in [-0.3, -0.25) is 4.79 Å². The molecule has 0 bridgehead atoms. The first-order chi connectivity index (χ1) is 14.2. The quantitative estimate of drug-likeness (QED) is 0.508. The van der Waals surface area contributed by atoms with Gasteiger partial charge < -0.3 is 15.8 Å². The second-order valence-corrected chi connectivity index (χ2v) is 6.56. The molecule has 2 aromatic heterocycles. The number of hydrogen-bond acceptors (Lipinski definition) is 5. The number of benzene rings is 2. The minimum Gasteiger partial charge on any atom is -0.496 e. The van der Waals surface area contributed by atoms with Gasteiger partial charge in [0.1, 0.15) is 11.6 Å². The van der Waals surface area contributed by atoms with Gasteiger partial charge in [-0.25, -0.2) is 9.50 Å². The molecule has 0 aliphatic rings. The molecule has 3 N–H and O–H groups in total. The van der Waals surface area contributed by atoms with Crippen LogP contribution in [0.1, 0.15) is 15.9 Å². The normalized spacial score (nSPS) is 10.8. The molecule has 29 heavy (non-hydrogen) atoms. The number of methoxy groups -OCH3 is 1. The van der Waals surface area contributed by atoms with Crippen LogP contribution in [0, 0.1) is 0 Å². The third-order valence-electron chi connectivity index (χ3n) is 4.72. The van der Waals surface area contributed by atoms with Gasteiger partial charge in [0.15, 0.2) is 5.65 Å². The Morgan fingerprint density at radius 1 is 1.10 bits per heavy atom. The van der Waals surface area contributed by atoms with Gasteiger partial charge in [-0.05, 0) is 42.3 Å². The number of rotatable bonds is 7. The number of anilines is 1. The number of nitrogens with zero attached hydrogens (tertiary/aromatic N) is 3. The van der Waals surface area contributed by atoms with Crippen LogP contribution in [0.5, 0.6) is 5.75 Å². The standard InChI is InChI=1S/C22H21N5O2/c1-29-19-5-3-2-4-16(19)12-13-24-20-10-11-21-25-14-18(27(21)26-20)15-6-8-17(9-7-15)22(23)28/h2-11,14H,12-13H2,1H3,(H2,23,28)(H,24,26). The zero-order valence-electron chi connectivity index (χ0n) is 16.0. The molecule has 0 saturated carbocycles. The minimum atomic E-state index is -0.450. The van der Waals surface area contributed by atoms with E-state index in [0.717, 1.165) is 47.0 Å². The van der Waals surface area contributed by atoms with Gasteiger partial charge >= 0.3 is 0 Å².